The fourth-order valence-electron chi connectivity index (χ4n) is 5.38. The summed E-state index contributed by atoms with van der Waals surface area (Å²) in [5.41, 5.74) is 3.50. The van der Waals surface area contributed by atoms with Gasteiger partial charge in [-0.15, -0.1) is 0 Å². The number of pyridine rings is 1. The lowest BCUT2D eigenvalue weighted by atomic mass is 10.1. The van der Waals surface area contributed by atoms with Crippen molar-refractivity contribution in [1.29, 1.82) is 5.26 Å². The lowest BCUT2D eigenvalue weighted by Crippen LogP contribution is -2.52. The number of nitriles is 1. The molecule has 4 aromatic rings. The van der Waals surface area contributed by atoms with E-state index in [1.165, 1.54) is 0 Å². The SMILES string of the molecule is C[C@H]1CN(c2cccc(OCc3ccc(C#N)cc3)n2)CCN1Cc1nc2ccc(C(=O)O)cc2n1C[C@@H]1CCO1. The van der Waals surface area contributed by atoms with Crippen LogP contribution in [-0.2, 0) is 24.4 Å². The molecule has 10 nitrogen and oxygen atoms in total. The smallest absolute Gasteiger partial charge is 0.335 e. The molecule has 0 bridgehead atoms. The second-order valence-electron chi connectivity index (χ2n) is 10.6. The number of hydrogen-bond donors (Lipinski definition) is 1. The molecule has 2 atom stereocenters. The van der Waals surface area contributed by atoms with Gasteiger partial charge < -0.3 is 24.0 Å². The van der Waals surface area contributed by atoms with Gasteiger partial charge in [-0.1, -0.05) is 18.2 Å². The Labute approximate surface area is 238 Å². The van der Waals surface area contributed by atoms with Crippen LogP contribution < -0.4 is 9.64 Å². The number of benzene rings is 2. The molecule has 2 fully saturated rings. The molecule has 2 aliphatic heterocycles. The van der Waals surface area contributed by atoms with Gasteiger partial charge in [-0.3, -0.25) is 4.90 Å². The molecular weight excluding hydrogens is 520 g/mol. The highest BCUT2D eigenvalue weighted by atomic mass is 16.5. The number of fused-ring (bicyclic) bond motifs is 1. The first kappa shape index (κ1) is 26.7. The molecule has 4 heterocycles. The third-order valence-corrected chi connectivity index (χ3v) is 7.87. The van der Waals surface area contributed by atoms with Crippen LogP contribution in [0.5, 0.6) is 5.88 Å². The molecule has 0 aliphatic carbocycles. The minimum atomic E-state index is -0.942. The summed E-state index contributed by atoms with van der Waals surface area (Å²) >= 11 is 0. The van der Waals surface area contributed by atoms with Crippen LogP contribution in [0.25, 0.3) is 11.0 Å². The second kappa shape index (κ2) is 11.6. The molecule has 1 N–H and O–H groups in total. The molecule has 0 saturated carbocycles. The number of carboxylic acid groups (broad SMARTS) is 1. The van der Waals surface area contributed by atoms with Crippen LogP contribution in [-0.4, -0.2) is 68.9 Å². The maximum Gasteiger partial charge on any atom is 0.335 e. The summed E-state index contributed by atoms with van der Waals surface area (Å²) < 4.78 is 13.8. The second-order valence-corrected chi connectivity index (χ2v) is 10.6. The van der Waals surface area contributed by atoms with Gasteiger partial charge in [-0.25, -0.2) is 9.78 Å². The van der Waals surface area contributed by atoms with Gasteiger partial charge in [-0.05, 0) is 55.3 Å². The van der Waals surface area contributed by atoms with Crippen molar-refractivity contribution in [2.24, 2.45) is 0 Å². The van der Waals surface area contributed by atoms with Gasteiger partial charge in [0.15, 0.2) is 0 Å². The van der Waals surface area contributed by atoms with Crippen molar-refractivity contribution in [2.45, 2.75) is 45.2 Å². The lowest BCUT2D eigenvalue weighted by Gasteiger charge is -2.40. The number of aromatic nitrogens is 3. The summed E-state index contributed by atoms with van der Waals surface area (Å²) in [5, 5.41) is 18.5. The quantitative estimate of drug-likeness (QED) is 0.328. The van der Waals surface area contributed by atoms with Gasteiger partial charge in [0.2, 0.25) is 5.88 Å². The molecule has 0 spiro atoms. The van der Waals surface area contributed by atoms with E-state index in [1.807, 2.05) is 30.3 Å². The average Bonchev–Trinajstić information content (AvgIpc) is 3.31. The van der Waals surface area contributed by atoms with E-state index in [0.29, 0.717) is 31.1 Å². The van der Waals surface area contributed by atoms with Gasteiger partial charge in [0.1, 0.15) is 18.2 Å². The number of nitrogens with zero attached hydrogens (tertiary/aromatic N) is 6. The highest BCUT2D eigenvalue weighted by molar-refractivity contribution is 5.92. The molecule has 2 aliphatic rings. The Bertz CT molecular complexity index is 1590. The summed E-state index contributed by atoms with van der Waals surface area (Å²) in [5.74, 6) is 1.43. The molecule has 2 aromatic heterocycles. The van der Waals surface area contributed by atoms with Crippen molar-refractivity contribution < 1.29 is 19.4 Å². The van der Waals surface area contributed by atoms with Gasteiger partial charge in [0, 0.05) is 38.3 Å². The average molecular weight is 553 g/mol. The van der Waals surface area contributed by atoms with E-state index in [2.05, 4.69) is 27.4 Å². The molecule has 0 unspecified atom stereocenters. The number of ether oxygens (including phenoxy) is 2. The van der Waals surface area contributed by atoms with E-state index in [1.54, 1.807) is 30.3 Å². The molecule has 2 saturated heterocycles. The van der Waals surface area contributed by atoms with Gasteiger partial charge in [0.25, 0.3) is 0 Å². The summed E-state index contributed by atoms with van der Waals surface area (Å²) in [7, 11) is 0. The Morgan fingerprint density at radius 3 is 2.68 bits per heavy atom. The molecule has 10 heteroatoms. The monoisotopic (exact) mass is 552 g/mol. The van der Waals surface area contributed by atoms with Gasteiger partial charge in [0.05, 0.1) is 47.4 Å². The fraction of sp³-hybridized carbons (Fsp3) is 0.355. The summed E-state index contributed by atoms with van der Waals surface area (Å²) in [4.78, 5) is 26.0. The Balaban J connectivity index is 1.13. The Morgan fingerprint density at radius 2 is 1.98 bits per heavy atom. The Kier molecular flexibility index (Phi) is 7.55. The van der Waals surface area contributed by atoms with Crippen LogP contribution >= 0.6 is 0 Å². The van der Waals surface area contributed by atoms with E-state index in [9.17, 15) is 9.90 Å². The number of rotatable bonds is 9. The van der Waals surface area contributed by atoms with E-state index < -0.39 is 5.97 Å². The predicted molar refractivity (Wildman–Crippen MR) is 153 cm³/mol. The van der Waals surface area contributed by atoms with Crippen molar-refractivity contribution in [3.05, 3.63) is 83.2 Å². The first-order chi connectivity index (χ1) is 20.0. The number of aromatic carboxylic acids is 1. The van der Waals surface area contributed by atoms with Crippen LogP contribution in [0.3, 0.4) is 0 Å². The van der Waals surface area contributed by atoms with Crippen LogP contribution in [0.4, 0.5) is 5.82 Å². The maximum absolute atomic E-state index is 11.6. The van der Waals surface area contributed by atoms with Crippen molar-refractivity contribution >= 4 is 22.8 Å². The molecule has 0 radical (unpaired) electrons. The molecule has 6 rings (SSSR count). The topological polar surface area (TPSA) is 117 Å². The van der Waals surface area contributed by atoms with Gasteiger partial charge >= 0.3 is 5.97 Å². The highest BCUT2D eigenvalue weighted by Gasteiger charge is 2.28. The van der Waals surface area contributed by atoms with E-state index in [4.69, 9.17) is 24.7 Å². The number of anilines is 1. The van der Waals surface area contributed by atoms with Crippen molar-refractivity contribution in [1.82, 2.24) is 19.4 Å². The van der Waals surface area contributed by atoms with Crippen LogP contribution in [0.2, 0.25) is 0 Å². The molecule has 0 amide bonds. The number of hydrogen-bond acceptors (Lipinski definition) is 8. The minimum absolute atomic E-state index is 0.131. The zero-order valence-electron chi connectivity index (χ0n) is 22.9. The van der Waals surface area contributed by atoms with E-state index >= 15 is 0 Å². The number of piperazine rings is 1. The largest absolute Gasteiger partial charge is 0.478 e. The molecule has 210 valence electrons. The first-order valence-corrected chi connectivity index (χ1v) is 13.9. The Hall–Kier alpha value is -4.46. The van der Waals surface area contributed by atoms with Crippen LogP contribution in [0, 0.1) is 11.3 Å². The predicted octanol–water partition coefficient (Wildman–Crippen LogP) is 4.08. The summed E-state index contributed by atoms with van der Waals surface area (Å²) in [6.07, 6.45) is 1.13. The molecule has 2 aromatic carbocycles. The van der Waals surface area contributed by atoms with Crippen LogP contribution in [0.1, 0.15) is 40.7 Å². The zero-order valence-corrected chi connectivity index (χ0v) is 22.9. The van der Waals surface area contributed by atoms with Crippen molar-refractivity contribution in [3.63, 3.8) is 0 Å². The zero-order chi connectivity index (χ0) is 28.3. The highest BCUT2D eigenvalue weighted by Crippen LogP contribution is 2.26. The number of carboxylic acids is 1. The first-order valence-electron chi connectivity index (χ1n) is 13.9. The van der Waals surface area contributed by atoms with Crippen molar-refractivity contribution in [2.75, 3.05) is 31.1 Å². The number of imidazole rings is 1. The Morgan fingerprint density at radius 1 is 1.15 bits per heavy atom. The maximum atomic E-state index is 11.6. The fourth-order valence-corrected chi connectivity index (χ4v) is 5.38. The third-order valence-electron chi connectivity index (χ3n) is 7.87. The van der Waals surface area contributed by atoms with E-state index in [0.717, 1.165) is 60.9 Å². The number of carbonyl (C=O) groups is 1. The molecular formula is C31H32N6O4. The summed E-state index contributed by atoms with van der Waals surface area (Å²) in [6.45, 7) is 7.15. The standard InChI is InChI=1S/C31H32N6O4/c1-21-17-36(28-3-2-4-30(34-28)41-20-23-7-5-22(16-32)6-8-23)13-12-35(21)19-29-33-26-10-9-24(31(38)39)15-27(26)37(29)18-25-11-14-40-25/h2-10,15,21,25H,11-14,17-20H2,1H3,(H,38,39)/t21-,25-/m0/s1. The molecule has 41 heavy (non-hydrogen) atoms. The third kappa shape index (κ3) is 5.87. The van der Waals surface area contributed by atoms with E-state index in [-0.39, 0.29) is 17.7 Å². The van der Waals surface area contributed by atoms with Crippen molar-refractivity contribution in [3.8, 4) is 11.9 Å². The normalized spacial score (nSPS) is 19.1. The minimum Gasteiger partial charge on any atom is -0.478 e. The summed E-state index contributed by atoms with van der Waals surface area (Å²) in [6, 6.07) is 20.7. The van der Waals surface area contributed by atoms with Gasteiger partial charge in [-0.2, -0.15) is 10.2 Å². The lowest BCUT2D eigenvalue weighted by molar-refractivity contribution is -0.0592. The van der Waals surface area contributed by atoms with Crippen LogP contribution in [0.15, 0.2) is 60.7 Å².